The highest BCUT2D eigenvalue weighted by Gasteiger charge is 2.29. The van der Waals surface area contributed by atoms with Crippen LogP contribution in [0.3, 0.4) is 0 Å². The molecule has 0 saturated carbocycles. The first-order chi connectivity index (χ1) is 9.49. The van der Waals surface area contributed by atoms with Crippen LogP contribution in [0.4, 0.5) is 0 Å². The number of halogens is 2. The van der Waals surface area contributed by atoms with Crippen LogP contribution in [-0.2, 0) is 9.59 Å². The normalized spacial score (nSPS) is 18.6. The molecule has 7 heteroatoms. The van der Waals surface area contributed by atoms with Gasteiger partial charge in [0.2, 0.25) is 5.91 Å². The number of nitrogens with zero attached hydrogens (tertiary/aromatic N) is 1. The van der Waals surface area contributed by atoms with Gasteiger partial charge in [-0.1, -0.05) is 11.6 Å². The van der Waals surface area contributed by atoms with E-state index >= 15 is 0 Å². The molecule has 1 aromatic carbocycles. The van der Waals surface area contributed by atoms with Gasteiger partial charge in [-0.2, -0.15) is 0 Å². The van der Waals surface area contributed by atoms with E-state index in [4.69, 9.17) is 16.3 Å². The van der Waals surface area contributed by atoms with Gasteiger partial charge in [0.15, 0.2) is 6.61 Å². The van der Waals surface area contributed by atoms with Gasteiger partial charge in [-0.3, -0.25) is 9.59 Å². The van der Waals surface area contributed by atoms with E-state index in [9.17, 15) is 9.59 Å². The van der Waals surface area contributed by atoms with Gasteiger partial charge in [-0.15, -0.1) is 0 Å². The zero-order valence-electron chi connectivity index (χ0n) is 10.9. The number of benzene rings is 1. The van der Waals surface area contributed by atoms with Crippen LogP contribution in [0.2, 0.25) is 5.02 Å². The second-order valence-corrected chi connectivity index (χ2v) is 5.71. The van der Waals surface area contributed by atoms with Crippen LogP contribution in [0.15, 0.2) is 22.7 Å². The summed E-state index contributed by atoms with van der Waals surface area (Å²) in [6.45, 7) is 2.55. The smallest absolute Gasteiger partial charge is 0.261 e. The van der Waals surface area contributed by atoms with E-state index in [1.807, 2.05) is 0 Å². The number of piperazine rings is 1. The number of rotatable bonds is 3. The molecule has 0 aliphatic carbocycles. The Labute approximate surface area is 130 Å². The van der Waals surface area contributed by atoms with Gasteiger partial charge in [0.1, 0.15) is 11.8 Å². The quantitative estimate of drug-likeness (QED) is 0.893. The van der Waals surface area contributed by atoms with E-state index in [2.05, 4.69) is 21.2 Å². The van der Waals surface area contributed by atoms with Crippen molar-refractivity contribution < 1.29 is 14.3 Å². The molecule has 0 aromatic heterocycles. The van der Waals surface area contributed by atoms with Crippen molar-refractivity contribution in [3.05, 3.63) is 27.7 Å². The van der Waals surface area contributed by atoms with Gasteiger partial charge in [0, 0.05) is 18.1 Å². The Kier molecular flexibility index (Phi) is 4.88. The molecule has 1 saturated heterocycles. The molecule has 0 spiro atoms. The van der Waals surface area contributed by atoms with E-state index < -0.39 is 6.04 Å². The minimum atomic E-state index is -0.464. The SMILES string of the molecule is CC1C(=O)NCCN1C(=O)COc1ccc(Cl)cc1Br. The van der Waals surface area contributed by atoms with Crippen molar-refractivity contribution in [1.29, 1.82) is 0 Å². The van der Waals surface area contributed by atoms with E-state index in [-0.39, 0.29) is 18.4 Å². The van der Waals surface area contributed by atoms with E-state index in [1.54, 1.807) is 25.1 Å². The maximum atomic E-state index is 12.1. The van der Waals surface area contributed by atoms with E-state index in [1.165, 1.54) is 4.90 Å². The molecule has 1 fully saturated rings. The molecule has 0 radical (unpaired) electrons. The fourth-order valence-corrected chi connectivity index (χ4v) is 2.73. The second-order valence-electron chi connectivity index (χ2n) is 4.42. The lowest BCUT2D eigenvalue weighted by Crippen LogP contribution is -2.56. The Balaban J connectivity index is 1.96. The number of nitrogens with one attached hydrogen (secondary N) is 1. The number of carbonyl (C=O) groups is 2. The first kappa shape index (κ1) is 15.1. The predicted molar refractivity (Wildman–Crippen MR) is 78.8 cm³/mol. The highest BCUT2D eigenvalue weighted by atomic mass is 79.9. The summed E-state index contributed by atoms with van der Waals surface area (Å²) in [5.41, 5.74) is 0. The Morgan fingerprint density at radius 2 is 2.35 bits per heavy atom. The lowest BCUT2D eigenvalue weighted by Gasteiger charge is -2.32. The minimum absolute atomic E-state index is 0.113. The Bertz CT molecular complexity index is 538. The average molecular weight is 362 g/mol. The molecule has 2 amide bonds. The number of amides is 2. The maximum Gasteiger partial charge on any atom is 0.261 e. The molecule has 1 unspecified atom stereocenters. The van der Waals surface area contributed by atoms with Crippen molar-refractivity contribution in [2.75, 3.05) is 19.7 Å². The Hall–Kier alpha value is -1.27. The molecule has 1 aliphatic rings. The molecule has 108 valence electrons. The lowest BCUT2D eigenvalue weighted by molar-refractivity contribution is -0.143. The highest BCUT2D eigenvalue weighted by Crippen LogP contribution is 2.28. The topological polar surface area (TPSA) is 58.6 Å². The predicted octanol–water partition coefficient (Wildman–Crippen LogP) is 1.83. The zero-order valence-corrected chi connectivity index (χ0v) is 13.2. The van der Waals surface area contributed by atoms with Crippen LogP contribution in [-0.4, -0.2) is 42.5 Å². The Morgan fingerprint density at radius 3 is 3.05 bits per heavy atom. The number of carbonyl (C=O) groups excluding carboxylic acids is 2. The van der Waals surface area contributed by atoms with Crippen LogP contribution in [0.1, 0.15) is 6.92 Å². The van der Waals surface area contributed by atoms with Crippen LogP contribution in [0.25, 0.3) is 0 Å². The molecule has 1 aromatic rings. The molecule has 2 rings (SSSR count). The zero-order chi connectivity index (χ0) is 14.7. The number of hydrogen-bond acceptors (Lipinski definition) is 3. The summed E-state index contributed by atoms with van der Waals surface area (Å²) >= 11 is 9.15. The molecular formula is C13H14BrClN2O3. The van der Waals surface area contributed by atoms with E-state index in [0.29, 0.717) is 28.3 Å². The van der Waals surface area contributed by atoms with Gasteiger partial charge in [0.05, 0.1) is 4.47 Å². The monoisotopic (exact) mass is 360 g/mol. The number of ether oxygens (including phenoxy) is 1. The van der Waals surface area contributed by atoms with Crippen molar-refractivity contribution in [2.45, 2.75) is 13.0 Å². The van der Waals surface area contributed by atoms with Crippen molar-refractivity contribution in [1.82, 2.24) is 10.2 Å². The molecule has 0 bridgehead atoms. The fourth-order valence-electron chi connectivity index (χ4n) is 1.94. The van der Waals surface area contributed by atoms with Crippen molar-refractivity contribution in [3.63, 3.8) is 0 Å². The van der Waals surface area contributed by atoms with Crippen molar-refractivity contribution in [3.8, 4) is 5.75 Å². The lowest BCUT2D eigenvalue weighted by atomic mass is 10.2. The third-order valence-corrected chi connectivity index (χ3v) is 3.92. The fraction of sp³-hybridized carbons (Fsp3) is 0.385. The van der Waals surface area contributed by atoms with E-state index in [0.717, 1.165) is 0 Å². The molecule has 1 heterocycles. The minimum Gasteiger partial charge on any atom is -0.483 e. The van der Waals surface area contributed by atoms with Gasteiger partial charge in [-0.25, -0.2) is 0 Å². The molecule has 20 heavy (non-hydrogen) atoms. The first-order valence-corrected chi connectivity index (χ1v) is 7.31. The third-order valence-electron chi connectivity index (χ3n) is 3.06. The van der Waals surface area contributed by atoms with Crippen LogP contribution >= 0.6 is 27.5 Å². The molecule has 1 atom stereocenters. The van der Waals surface area contributed by atoms with Gasteiger partial charge < -0.3 is 15.0 Å². The van der Waals surface area contributed by atoms with Crippen LogP contribution < -0.4 is 10.1 Å². The van der Waals surface area contributed by atoms with Crippen LogP contribution in [0.5, 0.6) is 5.75 Å². The second kappa shape index (κ2) is 6.45. The summed E-state index contributed by atoms with van der Waals surface area (Å²) in [4.78, 5) is 25.1. The largest absolute Gasteiger partial charge is 0.483 e. The van der Waals surface area contributed by atoms with Crippen molar-refractivity contribution in [2.24, 2.45) is 0 Å². The molecule has 5 nitrogen and oxygen atoms in total. The summed E-state index contributed by atoms with van der Waals surface area (Å²) < 4.78 is 6.14. The van der Waals surface area contributed by atoms with Gasteiger partial charge in [0.25, 0.3) is 5.91 Å². The summed E-state index contributed by atoms with van der Waals surface area (Å²) in [6, 6.07) is 4.60. The first-order valence-electron chi connectivity index (χ1n) is 6.14. The van der Waals surface area contributed by atoms with Gasteiger partial charge in [-0.05, 0) is 41.1 Å². The average Bonchev–Trinajstić information content (AvgIpc) is 2.40. The third kappa shape index (κ3) is 3.43. The summed E-state index contributed by atoms with van der Waals surface area (Å²) in [7, 11) is 0. The van der Waals surface area contributed by atoms with Crippen LogP contribution in [0, 0.1) is 0 Å². The van der Waals surface area contributed by atoms with Crippen molar-refractivity contribution >= 4 is 39.3 Å². The summed E-state index contributed by atoms with van der Waals surface area (Å²) in [6.07, 6.45) is 0. The number of hydrogen-bond donors (Lipinski definition) is 1. The summed E-state index contributed by atoms with van der Waals surface area (Å²) in [5, 5.41) is 3.29. The van der Waals surface area contributed by atoms with Gasteiger partial charge >= 0.3 is 0 Å². The summed E-state index contributed by atoms with van der Waals surface area (Å²) in [5.74, 6) is 0.184. The standard InChI is InChI=1S/C13H14BrClN2O3/c1-8-13(19)16-4-5-17(8)12(18)7-20-11-3-2-9(15)6-10(11)14/h2-3,6,8H,4-5,7H2,1H3,(H,16,19). The maximum absolute atomic E-state index is 12.1. The molecule has 1 aliphatic heterocycles. The molecule has 1 N–H and O–H groups in total. The Morgan fingerprint density at radius 1 is 1.60 bits per heavy atom. The highest BCUT2D eigenvalue weighted by molar-refractivity contribution is 9.10. The molecular weight excluding hydrogens is 348 g/mol.